The van der Waals surface area contributed by atoms with E-state index in [4.69, 9.17) is 11.0 Å². The number of hydrogen-bond acceptors (Lipinski definition) is 4. The predicted octanol–water partition coefficient (Wildman–Crippen LogP) is 6.02. The monoisotopic (exact) mass is 405 g/mol. The smallest absolute Gasteiger partial charge is 0.228 e. The molecule has 31 heavy (non-hydrogen) atoms. The maximum atomic E-state index is 7.68. The lowest BCUT2D eigenvalue weighted by atomic mass is 9.98. The van der Waals surface area contributed by atoms with Gasteiger partial charge >= 0.3 is 0 Å². The molecule has 6 nitrogen and oxygen atoms in total. The van der Waals surface area contributed by atoms with Gasteiger partial charge in [0.1, 0.15) is 5.76 Å². The fourth-order valence-electron chi connectivity index (χ4n) is 3.72. The van der Waals surface area contributed by atoms with Crippen molar-refractivity contribution < 1.29 is 4.42 Å². The quantitative estimate of drug-likeness (QED) is 0.351. The second-order valence-corrected chi connectivity index (χ2v) is 7.08. The molecule has 5 rings (SSSR count). The lowest BCUT2D eigenvalue weighted by molar-refractivity contribution is 0.619. The number of benzene rings is 2. The zero-order chi connectivity index (χ0) is 21.0. The number of imidazole rings is 1. The van der Waals surface area contributed by atoms with Gasteiger partial charge in [-0.25, -0.2) is 14.8 Å². The molecule has 0 radical (unpaired) electrons. The summed E-state index contributed by atoms with van der Waals surface area (Å²) < 4.78 is 8.25. The number of pyridine rings is 1. The van der Waals surface area contributed by atoms with Crippen molar-refractivity contribution in [3.05, 3.63) is 97.0 Å². The summed E-state index contributed by atoms with van der Waals surface area (Å²) in [5, 5.41) is 4.28. The highest BCUT2D eigenvalue weighted by Crippen LogP contribution is 2.45. The van der Waals surface area contributed by atoms with Crippen LogP contribution in [0.3, 0.4) is 0 Å². The van der Waals surface area contributed by atoms with E-state index >= 15 is 0 Å². The van der Waals surface area contributed by atoms with Crippen molar-refractivity contribution in [1.82, 2.24) is 14.5 Å². The zero-order valence-electron chi connectivity index (χ0n) is 16.7. The van der Waals surface area contributed by atoms with Gasteiger partial charge in [0.05, 0.1) is 24.0 Å². The third-order valence-corrected chi connectivity index (χ3v) is 5.15. The van der Waals surface area contributed by atoms with Crippen molar-refractivity contribution in [2.45, 2.75) is 6.54 Å². The summed E-state index contributed by atoms with van der Waals surface area (Å²) in [6.07, 6.45) is 7.02. The lowest BCUT2D eigenvalue weighted by Crippen LogP contribution is -2.09. The number of furan rings is 1. The maximum absolute atomic E-state index is 7.68. The summed E-state index contributed by atoms with van der Waals surface area (Å²) >= 11 is 0. The number of aromatic nitrogens is 3. The minimum atomic E-state index is 0.468. The van der Waals surface area contributed by atoms with Crippen molar-refractivity contribution >= 4 is 22.5 Å². The third kappa shape index (κ3) is 3.53. The topological polar surface area (TPSA) is 60.2 Å². The summed E-state index contributed by atoms with van der Waals surface area (Å²) in [7, 11) is 0. The van der Waals surface area contributed by atoms with Gasteiger partial charge in [0.15, 0.2) is 0 Å². The first-order valence-corrected chi connectivity index (χ1v) is 9.98. The highest BCUT2D eigenvalue weighted by atomic mass is 16.3. The third-order valence-electron chi connectivity index (χ3n) is 5.15. The molecule has 0 fully saturated rings. The Morgan fingerprint density at radius 3 is 2.42 bits per heavy atom. The van der Waals surface area contributed by atoms with E-state index in [1.165, 1.54) is 0 Å². The van der Waals surface area contributed by atoms with Crippen LogP contribution in [0.1, 0.15) is 0 Å². The highest BCUT2D eigenvalue weighted by Gasteiger charge is 2.23. The summed E-state index contributed by atoms with van der Waals surface area (Å²) in [5.74, 6) is 0.745. The number of nitrogens with zero attached hydrogens (tertiary/aromatic N) is 4. The Morgan fingerprint density at radius 2 is 1.74 bits per heavy atom. The largest absolute Gasteiger partial charge is 0.437 e. The fraction of sp³-hybridized carbons (Fsp3) is 0.0800. The van der Waals surface area contributed by atoms with E-state index in [9.17, 15) is 0 Å². The molecule has 5 aromatic rings. The molecule has 150 valence electrons. The van der Waals surface area contributed by atoms with Crippen molar-refractivity contribution in [2.24, 2.45) is 0 Å². The first-order valence-electron chi connectivity index (χ1n) is 9.98. The van der Waals surface area contributed by atoms with Crippen LogP contribution < -0.4 is 5.32 Å². The molecule has 0 aliphatic heterocycles. The second kappa shape index (κ2) is 8.17. The molecule has 3 heterocycles. The molecular weight excluding hydrogens is 386 g/mol. The Labute approximate surface area is 179 Å². The molecule has 0 saturated heterocycles. The standard InChI is InChI=1S/C25H19N5O/c1-26-20-16-29-25-22(23(20)28-13-15-30-14-12-27-17-30)21(18-8-4-2-5-9-18)24(31-25)19-10-6-3-7-11-19/h2-12,14,16-17H,13,15H2,(H,28,29). The van der Waals surface area contributed by atoms with Gasteiger partial charge in [-0.05, 0) is 5.56 Å². The number of hydrogen-bond donors (Lipinski definition) is 1. The first-order chi connectivity index (χ1) is 15.3. The molecule has 0 aliphatic rings. The van der Waals surface area contributed by atoms with Crippen LogP contribution >= 0.6 is 0 Å². The minimum Gasteiger partial charge on any atom is -0.437 e. The van der Waals surface area contributed by atoms with Crippen LogP contribution in [-0.2, 0) is 6.54 Å². The number of rotatable bonds is 6. The molecule has 0 unspecified atom stereocenters. The molecule has 0 spiro atoms. The average Bonchev–Trinajstić information content (AvgIpc) is 3.48. The molecule has 1 N–H and O–H groups in total. The Kier molecular flexibility index (Phi) is 4.91. The normalized spacial score (nSPS) is 10.8. The molecule has 6 heteroatoms. The van der Waals surface area contributed by atoms with Gasteiger partial charge in [-0.3, -0.25) is 0 Å². The molecule has 0 saturated carbocycles. The predicted molar refractivity (Wildman–Crippen MR) is 122 cm³/mol. The van der Waals surface area contributed by atoms with Crippen LogP contribution in [-0.4, -0.2) is 21.1 Å². The first kappa shape index (κ1) is 18.6. The Balaban J connectivity index is 1.70. The van der Waals surface area contributed by atoms with Gasteiger partial charge in [0, 0.05) is 42.8 Å². The zero-order valence-corrected chi connectivity index (χ0v) is 16.7. The molecule has 0 amide bonds. The molecule has 3 aromatic heterocycles. The van der Waals surface area contributed by atoms with Gasteiger partial charge in [-0.1, -0.05) is 60.7 Å². The lowest BCUT2D eigenvalue weighted by Gasteiger charge is -2.11. The molecule has 0 bridgehead atoms. The van der Waals surface area contributed by atoms with Gasteiger partial charge < -0.3 is 14.3 Å². The second-order valence-electron chi connectivity index (χ2n) is 7.08. The summed E-state index contributed by atoms with van der Waals surface area (Å²) in [6, 6.07) is 20.1. The Morgan fingerprint density at radius 1 is 1.00 bits per heavy atom. The maximum Gasteiger partial charge on any atom is 0.228 e. The van der Waals surface area contributed by atoms with Crippen LogP contribution in [0.4, 0.5) is 11.4 Å². The number of anilines is 1. The minimum absolute atomic E-state index is 0.468. The molecule has 0 atom stereocenters. The van der Waals surface area contributed by atoms with E-state index in [1.807, 2.05) is 59.3 Å². The SMILES string of the molecule is [C-]#[N+]c1cnc2oc(-c3ccccc3)c(-c3ccccc3)c2c1NCCn1ccnc1. The van der Waals surface area contributed by atoms with E-state index in [1.54, 1.807) is 18.7 Å². The van der Waals surface area contributed by atoms with E-state index < -0.39 is 0 Å². The van der Waals surface area contributed by atoms with E-state index in [0.29, 0.717) is 17.9 Å². The number of fused-ring (bicyclic) bond motifs is 1. The van der Waals surface area contributed by atoms with Crippen LogP contribution in [0, 0.1) is 6.57 Å². The van der Waals surface area contributed by atoms with Crippen molar-refractivity contribution in [1.29, 1.82) is 0 Å². The van der Waals surface area contributed by atoms with Gasteiger partial charge in [0.2, 0.25) is 11.4 Å². The van der Waals surface area contributed by atoms with Gasteiger partial charge in [0.25, 0.3) is 0 Å². The average molecular weight is 405 g/mol. The van der Waals surface area contributed by atoms with Crippen LogP contribution in [0.2, 0.25) is 0 Å². The number of nitrogens with one attached hydrogen (secondary N) is 1. The Bertz CT molecular complexity index is 1350. The molecule has 0 aliphatic carbocycles. The van der Waals surface area contributed by atoms with Crippen molar-refractivity contribution in [3.63, 3.8) is 0 Å². The van der Waals surface area contributed by atoms with Crippen LogP contribution in [0.15, 0.2) is 90.0 Å². The summed E-state index contributed by atoms with van der Waals surface area (Å²) in [5.41, 5.74) is 4.63. The van der Waals surface area contributed by atoms with E-state index in [0.717, 1.165) is 40.1 Å². The van der Waals surface area contributed by atoms with Crippen LogP contribution in [0.25, 0.3) is 38.4 Å². The summed E-state index contributed by atoms with van der Waals surface area (Å²) in [6.45, 7) is 9.04. The van der Waals surface area contributed by atoms with E-state index in [2.05, 4.69) is 32.3 Å². The fourth-order valence-corrected chi connectivity index (χ4v) is 3.72. The van der Waals surface area contributed by atoms with E-state index in [-0.39, 0.29) is 0 Å². The van der Waals surface area contributed by atoms with Crippen LogP contribution in [0.5, 0.6) is 0 Å². The van der Waals surface area contributed by atoms with Crippen molar-refractivity contribution in [3.8, 4) is 22.5 Å². The Hall–Kier alpha value is -4.37. The molecular formula is C25H19N5O. The van der Waals surface area contributed by atoms with Gasteiger partial charge in [-0.2, -0.15) is 0 Å². The molecule has 2 aromatic carbocycles. The summed E-state index contributed by atoms with van der Waals surface area (Å²) in [4.78, 5) is 12.3. The van der Waals surface area contributed by atoms with Gasteiger partial charge in [-0.15, -0.1) is 0 Å². The highest BCUT2D eigenvalue weighted by molar-refractivity contribution is 6.10. The van der Waals surface area contributed by atoms with Crippen molar-refractivity contribution in [2.75, 3.05) is 11.9 Å².